The Morgan fingerprint density at radius 3 is 2.84 bits per heavy atom. The molecule has 0 saturated carbocycles. The average molecular weight is 268 g/mol. The minimum Gasteiger partial charge on any atom is -0.465 e. The van der Waals surface area contributed by atoms with Gasteiger partial charge >= 0.3 is 0 Å². The van der Waals surface area contributed by atoms with Crippen LogP contribution in [0.4, 0.5) is 0 Å². The zero-order valence-corrected chi connectivity index (χ0v) is 12.7. The van der Waals surface area contributed by atoms with E-state index >= 15 is 0 Å². The number of rotatable bonds is 10. The molecule has 1 N–H and O–H groups in total. The number of aryl methyl sites for hydroxylation is 1. The highest BCUT2D eigenvalue weighted by molar-refractivity contribution is 5.05. The van der Waals surface area contributed by atoms with Crippen molar-refractivity contribution in [3.05, 3.63) is 23.7 Å². The molecule has 1 atom stereocenters. The third-order valence-electron chi connectivity index (χ3n) is 3.24. The highest BCUT2D eigenvalue weighted by atomic mass is 16.5. The maximum atomic E-state index is 5.60. The van der Waals surface area contributed by atoms with Gasteiger partial charge in [-0.15, -0.1) is 0 Å². The standard InChI is InChI=1S/C15H28N2O2/c1-5-18-10-6-9-16-11-13(2)17(4)12-15-8-7-14(3)19-15/h7-8,13,16H,5-6,9-12H2,1-4H3. The number of likely N-dealkylation sites (N-methyl/N-ethyl adjacent to an activating group) is 1. The quantitative estimate of drug-likeness (QED) is 0.661. The first-order valence-corrected chi connectivity index (χ1v) is 7.17. The Morgan fingerprint density at radius 2 is 2.21 bits per heavy atom. The van der Waals surface area contributed by atoms with E-state index in [4.69, 9.17) is 9.15 Å². The van der Waals surface area contributed by atoms with E-state index in [9.17, 15) is 0 Å². The molecule has 0 radical (unpaired) electrons. The normalized spacial score (nSPS) is 13.1. The van der Waals surface area contributed by atoms with Crippen LogP contribution in [0, 0.1) is 6.92 Å². The van der Waals surface area contributed by atoms with Crippen molar-refractivity contribution in [1.82, 2.24) is 10.2 Å². The number of nitrogens with zero attached hydrogens (tertiary/aromatic N) is 1. The van der Waals surface area contributed by atoms with Gasteiger partial charge in [0.1, 0.15) is 11.5 Å². The molecule has 1 aromatic heterocycles. The summed E-state index contributed by atoms with van der Waals surface area (Å²) in [6.07, 6.45) is 1.07. The number of hydrogen-bond acceptors (Lipinski definition) is 4. The second-order valence-corrected chi connectivity index (χ2v) is 5.03. The molecule has 4 heteroatoms. The monoisotopic (exact) mass is 268 g/mol. The van der Waals surface area contributed by atoms with Gasteiger partial charge in [-0.3, -0.25) is 4.90 Å². The van der Waals surface area contributed by atoms with Crippen LogP contribution in [0.3, 0.4) is 0 Å². The molecule has 0 aliphatic carbocycles. The lowest BCUT2D eigenvalue weighted by Crippen LogP contribution is -2.37. The van der Waals surface area contributed by atoms with Crippen molar-refractivity contribution in [1.29, 1.82) is 0 Å². The number of furan rings is 1. The van der Waals surface area contributed by atoms with Crippen molar-refractivity contribution < 1.29 is 9.15 Å². The lowest BCUT2D eigenvalue weighted by Gasteiger charge is -2.24. The van der Waals surface area contributed by atoms with Gasteiger partial charge in [0.25, 0.3) is 0 Å². The van der Waals surface area contributed by atoms with Crippen molar-refractivity contribution >= 4 is 0 Å². The van der Waals surface area contributed by atoms with E-state index < -0.39 is 0 Å². The van der Waals surface area contributed by atoms with Crippen LogP contribution in [-0.4, -0.2) is 44.3 Å². The average Bonchev–Trinajstić information content (AvgIpc) is 2.78. The summed E-state index contributed by atoms with van der Waals surface area (Å²) in [5.41, 5.74) is 0. The molecule has 0 aliphatic rings. The van der Waals surface area contributed by atoms with Crippen molar-refractivity contribution in [2.75, 3.05) is 33.4 Å². The summed E-state index contributed by atoms with van der Waals surface area (Å²) in [7, 11) is 2.13. The summed E-state index contributed by atoms with van der Waals surface area (Å²) in [5, 5.41) is 3.46. The SMILES string of the molecule is CCOCCCNCC(C)N(C)Cc1ccc(C)o1. The number of ether oxygens (including phenoxy) is 1. The predicted molar refractivity (Wildman–Crippen MR) is 78.4 cm³/mol. The highest BCUT2D eigenvalue weighted by Crippen LogP contribution is 2.10. The number of nitrogens with one attached hydrogen (secondary N) is 1. The van der Waals surface area contributed by atoms with Crippen LogP contribution >= 0.6 is 0 Å². The summed E-state index contributed by atoms with van der Waals surface area (Å²) < 4.78 is 10.9. The predicted octanol–water partition coefficient (Wildman–Crippen LogP) is 2.42. The van der Waals surface area contributed by atoms with Crippen LogP contribution < -0.4 is 5.32 Å². The molecule has 19 heavy (non-hydrogen) atoms. The molecule has 110 valence electrons. The summed E-state index contributed by atoms with van der Waals surface area (Å²) in [6, 6.07) is 4.55. The molecule has 0 amide bonds. The van der Waals surface area contributed by atoms with E-state index in [2.05, 4.69) is 24.2 Å². The summed E-state index contributed by atoms with van der Waals surface area (Å²) >= 11 is 0. The van der Waals surface area contributed by atoms with Crippen LogP contribution in [0.1, 0.15) is 31.8 Å². The van der Waals surface area contributed by atoms with Gasteiger partial charge in [-0.05, 0) is 52.9 Å². The third-order valence-corrected chi connectivity index (χ3v) is 3.24. The molecule has 0 fully saturated rings. The fraction of sp³-hybridized carbons (Fsp3) is 0.733. The Kier molecular flexibility index (Phi) is 7.79. The molecular weight excluding hydrogens is 240 g/mol. The molecule has 1 rings (SSSR count). The Balaban J connectivity index is 2.12. The Hall–Kier alpha value is -0.840. The minimum absolute atomic E-state index is 0.484. The molecule has 0 saturated heterocycles. The fourth-order valence-electron chi connectivity index (χ4n) is 1.88. The van der Waals surface area contributed by atoms with Gasteiger partial charge in [0, 0.05) is 25.8 Å². The van der Waals surface area contributed by atoms with Crippen LogP contribution in [0.25, 0.3) is 0 Å². The molecule has 1 unspecified atom stereocenters. The first kappa shape index (κ1) is 16.2. The highest BCUT2D eigenvalue weighted by Gasteiger charge is 2.10. The topological polar surface area (TPSA) is 37.6 Å². The van der Waals surface area contributed by atoms with Gasteiger partial charge in [-0.25, -0.2) is 0 Å². The van der Waals surface area contributed by atoms with Crippen molar-refractivity contribution in [2.24, 2.45) is 0 Å². The second kappa shape index (κ2) is 9.13. The Labute approximate surface area is 117 Å². The maximum Gasteiger partial charge on any atom is 0.118 e. The van der Waals surface area contributed by atoms with Gasteiger partial charge < -0.3 is 14.5 Å². The molecule has 0 aromatic carbocycles. The lowest BCUT2D eigenvalue weighted by atomic mass is 10.2. The smallest absolute Gasteiger partial charge is 0.118 e. The van der Waals surface area contributed by atoms with E-state index in [1.807, 2.05) is 26.0 Å². The van der Waals surface area contributed by atoms with E-state index in [1.165, 1.54) is 0 Å². The van der Waals surface area contributed by atoms with Gasteiger partial charge in [0.15, 0.2) is 0 Å². The zero-order valence-electron chi connectivity index (χ0n) is 12.7. The summed E-state index contributed by atoms with van der Waals surface area (Å²) in [5.74, 6) is 2.01. The van der Waals surface area contributed by atoms with Gasteiger partial charge in [0.05, 0.1) is 6.54 Å². The van der Waals surface area contributed by atoms with Gasteiger partial charge in [-0.1, -0.05) is 0 Å². The zero-order chi connectivity index (χ0) is 14.1. The lowest BCUT2D eigenvalue weighted by molar-refractivity contribution is 0.144. The van der Waals surface area contributed by atoms with E-state index in [0.717, 1.165) is 50.8 Å². The van der Waals surface area contributed by atoms with E-state index in [-0.39, 0.29) is 0 Å². The maximum absolute atomic E-state index is 5.60. The van der Waals surface area contributed by atoms with E-state index in [0.29, 0.717) is 6.04 Å². The summed E-state index contributed by atoms with van der Waals surface area (Å²) in [4.78, 5) is 2.30. The van der Waals surface area contributed by atoms with Crippen molar-refractivity contribution in [2.45, 2.75) is 39.8 Å². The second-order valence-electron chi connectivity index (χ2n) is 5.03. The Morgan fingerprint density at radius 1 is 1.42 bits per heavy atom. The van der Waals surface area contributed by atoms with Crippen LogP contribution in [0.15, 0.2) is 16.5 Å². The Bertz CT molecular complexity index is 339. The molecular formula is C15H28N2O2. The number of hydrogen-bond donors (Lipinski definition) is 1. The van der Waals surface area contributed by atoms with Crippen molar-refractivity contribution in [3.8, 4) is 0 Å². The van der Waals surface area contributed by atoms with Crippen LogP contribution in [-0.2, 0) is 11.3 Å². The largest absolute Gasteiger partial charge is 0.465 e. The van der Waals surface area contributed by atoms with Crippen LogP contribution in [0.5, 0.6) is 0 Å². The first-order valence-electron chi connectivity index (χ1n) is 7.17. The van der Waals surface area contributed by atoms with Crippen LogP contribution in [0.2, 0.25) is 0 Å². The minimum atomic E-state index is 0.484. The van der Waals surface area contributed by atoms with Crippen molar-refractivity contribution in [3.63, 3.8) is 0 Å². The molecule has 0 bridgehead atoms. The van der Waals surface area contributed by atoms with Gasteiger partial charge in [-0.2, -0.15) is 0 Å². The summed E-state index contributed by atoms with van der Waals surface area (Å²) in [6.45, 7) is 10.7. The van der Waals surface area contributed by atoms with E-state index in [1.54, 1.807) is 0 Å². The third kappa shape index (κ3) is 6.76. The molecule has 0 spiro atoms. The molecule has 0 aliphatic heterocycles. The molecule has 1 heterocycles. The molecule has 1 aromatic rings. The first-order chi connectivity index (χ1) is 9.13. The fourth-order valence-corrected chi connectivity index (χ4v) is 1.88. The molecule has 4 nitrogen and oxygen atoms in total. The van der Waals surface area contributed by atoms with Gasteiger partial charge in [0.2, 0.25) is 0 Å².